The molecule has 0 aliphatic rings. The molecular formula is C22H25Cl2N5O3. The molecular weight excluding hydrogens is 453 g/mol. The maximum atomic E-state index is 12.8. The van der Waals surface area contributed by atoms with Crippen LogP contribution in [0, 0.1) is 13.8 Å². The SMILES string of the molecule is CCCN(CC(=O)Nc1cc(Cl)ccc1Cl)C(=O)COc1nn(C)c2nc(C)cc(C)c12. The lowest BCUT2D eigenvalue weighted by atomic mass is 10.2. The van der Waals surface area contributed by atoms with E-state index in [1.54, 1.807) is 29.9 Å². The number of fused-ring (bicyclic) bond motifs is 1. The molecule has 1 aromatic carbocycles. The van der Waals surface area contributed by atoms with Crippen LogP contribution in [0.5, 0.6) is 5.88 Å². The molecule has 3 aromatic rings. The Morgan fingerprint density at radius 1 is 1.22 bits per heavy atom. The molecule has 0 saturated heterocycles. The van der Waals surface area contributed by atoms with Gasteiger partial charge in [-0.3, -0.25) is 9.59 Å². The van der Waals surface area contributed by atoms with Gasteiger partial charge < -0.3 is 15.0 Å². The van der Waals surface area contributed by atoms with Crippen LogP contribution in [0.4, 0.5) is 5.69 Å². The number of benzene rings is 1. The molecule has 0 unspecified atom stereocenters. The van der Waals surface area contributed by atoms with E-state index in [4.69, 9.17) is 27.9 Å². The molecule has 0 aliphatic heterocycles. The van der Waals surface area contributed by atoms with E-state index in [1.807, 2.05) is 26.8 Å². The second-order valence-corrected chi connectivity index (χ2v) is 8.33. The van der Waals surface area contributed by atoms with Crippen molar-refractivity contribution in [3.8, 4) is 5.88 Å². The second kappa shape index (κ2) is 10.2. The molecule has 0 saturated carbocycles. The van der Waals surface area contributed by atoms with Gasteiger partial charge in [0.15, 0.2) is 12.3 Å². The van der Waals surface area contributed by atoms with E-state index in [0.29, 0.717) is 40.2 Å². The van der Waals surface area contributed by atoms with E-state index < -0.39 is 0 Å². The molecule has 170 valence electrons. The van der Waals surface area contributed by atoms with Crippen molar-refractivity contribution in [3.05, 3.63) is 45.6 Å². The van der Waals surface area contributed by atoms with Crippen LogP contribution in [0.2, 0.25) is 10.0 Å². The van der Waals surface area contributed by atoms with Crippen molar-refractivity contribution in [3.63, 3.8) is 0 Å². The van der Waals surface area contributed by atoms with Crippen LogP contribution in [-0.4, -0.2) is 51.2 Å². The summed E-state index contributed by atoms with van der Waals surface area (Å²) in [7, 11) is 1.78. The number of carbonyl (C=O) groups is 2. The third kappa shape index (κ3) is 5.49. The number of pyridine rings is 1. The lowest BCUT2D eigenvalue weighted by molar-refractivity contribution is -0.136. The van der Waals surface area contributed by atoms with Gasteiger partial charge in [-0.05, 0) is 50.1 Å². The Bertz CT molecular complexity index is 1160. The summed E-state index contributed by atoms with van der Waals surface area (Å²) >= 11 is 12.1. The van der Waals surface area contributed by atoms with Crippen molar-refractivity contribution in [1.82, 2.24) is 19.7 Å². The maximum Gasteiger partial charge on any atom is 0.261 e. The Hall–Kier alpha value is -2.84. The predicted octanol–water partition coefficient (Wildman–Crippen LogP) is 4.15. The van der Waals surface area contributed by atoms with Gasteiger partial charge in [0.1, 0.15) is 0 Å². The van der Waals surface area contributed by atoms with Crippen LogP contribution >= 0.6 is 23.2 Å². The highest BCUT2D eigenvalue weighted by atomic mass is 35.5. The molecule has 32 heavy (non-hydrogen) atoms. The third-order valence-corrected chi connectivity index (χ3v) is 5.37. The van der Waals surface area contributed by atoms with Gasteiger partial charge in [-0.2, -0.15) is 0 Å². The van der Waals surface area contributed by atoms with Gasteiger partial charge >= 0.3 is 0 Å². The van der Waals surface area contributed by atoms with Crippen molar-refractivity contribution >= 4 is 51.7 Å². The minimum atomic E-state index is -0.380. The number of amides is 2. The highest BCUT2D eigenvalue weighted by Gasteiger charge is 2.20. The van der Waals surface area contributed by atoms with Crippen molar-refractivity contribution in [2.24, 2.45) is 7.05 Å². The van der Waals surface area contributed by atoms with Crippen molar-refractivity contribution in [1.29, 1.82) is 0 Å². The Morgan fingerprint density at radius 3 is 2.69 bits per heavy atom. The summed E-state index contributed by atoms with van der Waals surface area (Å²) in [6, 6.07) is 6.72. The van der Waals surface area contributed by atoms with Gasteiger partial charge in [0, 0.05) is 24.3 Å². The summed E-state index contributed by atoms with van der Waals surface area (Å²) in [6.45, 7) is 5.81. The summed E-state index contributed by atoms with van der Waals surface area (Å²) in [4.78, 5) is 31.3. The molecule has 2 amide bonds. The minimum absolute atomic E-state index is 0.137. The normalized spacial score (nSPS) is 10.9. The zero-order chi connectivity index (χ0) is 23.4. The van der Waals surface area contributed by atoms with E-state index in [9.17, 15) is 9.59 Å². The fourth-order valence-corrected chi connectivity index (χ4v) is 3.73. The van der Waals surface area contributed by atoms with Gasteiger partial charge in [-0.15, -0.1) is 5.10 Å². The summed E-state index contributed by atoms with van der Waals surface area (Å²) < 4.78 is 7.38. The van der Waals surface area contributed by atoms with Crippen molar-refractivity contribution < 1.29 is 14.3 Å². The monoisotopic (exact) mass is 477 g/mol. The van der Waals surface area contributed by atoms with Crippen molar-refractivity contribution in [2.45, 2.75) is 27.2 Å². The second-order valence-electron chi connectivity index (χ2n) is 7.48. The first-order valence-electron chi connectivity index (χ1n) is 10.2. The first-order chi connectivity index (χ1) is 15.2. The number of hydrogen-bond acceptors (Lipinski definition) is 5. The molecule has 1 N–H and O–H groups in total. The zero-order valence-electron chi connectivity index (χ0n) is 18.4. The van der Waals surface area contributed by atoms with Crippen LogP contribution in [0.25, 0.3) is 11.0 Å². The number of anilines is 1. The fourth-order valence-electron chi connectivity index (χ4n) is 3.39. The van der Waals surface area contributed by atoms with E-state index >= 15 is 0 Å². The van der Waals surface area contributed by atoms with Crippen LogP contribution in [0.15, 0.2) is 24.3 Å². The highest BCUT2D eigenvalue weighted by molar-refractivity contribution is 6.35. The van der Waals surface area contributed by atoms with Gasteiger partial charge in [0.25, 0.3) is 5.91 Å². The smallest absolute Gasteiger partial charge is 0.261 e. The average Bonchev–Trinajstić information content (AvgIpc) is 3.04. The largest absolute Gasteiger partial charge is 0.466 e. The Labute approximate surface area is 196 Å². The van der Waals surface area contributed by atoms with Gasteiger partial charge in [-0.25, -0.2) is 9.67 Å². The molecule has 0 aliphatic carbocycles. The Balaban J connectivity index is 1.68. The quantitative estimate of drug-likeness (QED) is 0.526. The minimum Gasteiger partial charge on any atom is -0.466 e. The molecule has 2 heterocycles. The van der Waals surface area contributed by atoms with E-state index in [2.05, 4.69) is 15.4 Å². The summed E-state index contributed by atoms with van der Waals surface area (Å²) in [5, 5.41) is 8.63. The molecule has 0 bridgehead atoms. The lowest BCUT2D eigenvalue weighted by Crippen LogP contribution is -2.41. The fraction of sp³-hybridized carbons (Fsp3) is 0.364. The van der Waals surface area contributed by atoms with E-state index in [0.717, 1.165) is 16.6 Å². The molecule has 0 radical (unpaired) electrons. The molecule has 2 aromatic heterocycles. The van der Waals surface area contributed by atoms with Crippen LogP contribution in [0.3, 0.4) is 0 Å². The van der Waals surface area contributed by atoms with Crippen LogP contribution in [-0.2, 0) is 16.6 Å². The summed E-state index contributed by atoms with van der Waals surface area (Å²) in [6.07, 6.45) is 0.686. The lowest BCUT2D eigenvalue weighted by Gasteiger charge is -2.21. The number of carbonyl (C=O) groups excluding carboxylic acids is 2. The molecule has 0 atom stereocenters. The van der Waals surface area contributed by atoms with Gasteiger partial charge in [0.05, 0.1) is 22.6 Å². The predicted molar refractivity (Wildman–Crippen MR) is 125 cm³/mol. The molecule has 0 spiro atoms. The van der Waals surface area contributed by atoms with E-state index in [-0.39, 0.29) is 25.0 Å². The molecule has 3 rings (SSSR count). The number of ether oxygens (including phenoxy) is 1. The third-order valence-electron chi connectivity index (χ3n) is 4.80. The molecule has 0 fully saturated rings. The standard InChI is InChI=1S/C22H25Cl2N5O3/c1-5-8-29(11-18(30)26-17-10-15(23)6-7-16(17)24)19(31)12-32-22-20-13(2)9-14(3)25-21(20)28(4)27-22/h6-7,9-10H,5,8,11-12H2,1-4H3,(H,26,30). The average molecular weight is 478 g/mol. The first-order valence-corrected chi connectivity index (χ1v) is 10.9. The topological polar surface area (TPSA) is 89.4 Å². The zero-order valence-corrected chi connectivity index (χ0v) is 19.9. The maximum absolute atomic E-state index is 12.8. The number of aromatic nitrogens is 3. The number of rotatable bonds is 8. The van der Waals surface area contributed by atoms with Crippen LogP contribution < -0.4 is 10.1 Å². The summed E-state index contributed by atoms with van der Waals surface area (Å²) in [5.74, 6) is -0.363. The van der Waals surface area contributed by atoms with Crippen LogP contribution in [0.1, 0.15) is 24.6 Å². The number of aryl methyl sites for hydroxylation is 3. The Kier molecular flexibility index (Phi) is 7.58. The molecule has 8 nitrogen and oxygen atoms in total. The number of nitrogens with one attached hydrogen (secondary N) is 1. The number of halogens is 2. The Morgan fingerprint density at radius 2 is 1.97 bits per heavy atom. The number of hydrogen-bond donors (Lipinski definition) is 1. The highest BCUT2D eigenvalue weighted by Crippen LogP contribution is 2.27. The van der Waals surface area contributed by atoms with E-state index in [1.165, 1.54) is 4.90 Å². The van der Waals surface area contributed by atoms with Gasteiger partial charge in [0.2, 0.25) is 11.8 Å². The number of nitrogens with zero attached hydrogens (tertiary/aromatic N) is 4. The summed E-state index contributed by atoms with van der Waals surface area (Å²) in [5.41, 5.74) is 2.92. The van der Waals surface area contributed by atoms with Gasteiger partial charge in [-0.1, -0.05) is 30.1 Å². The van der Waals surface area contributed by atoms with Crippen molar-refractivity contribution in [2.75, 3.05) is 25.0 Å². The first kappa shape index (κ1) is 23.8. The molecule has 10 heteroatoms.